The van der Waals surface area contributed by atoms with E-state index in [1.54, 1.807) is 38.4 Å². The van der Waals surface area contributed by atoms with E-state index in [-0.39, 0.29) is 23.1 Å². The lowest BCUT2D eigenvalue weighted by atomic mass is 10.1. The first kappa shape index (κ1) is 23.4. The lowest BCUT2D eigenvalue weighted by Gasteiger charge is -2.29. The molecule has 0 bridgehead atoms. The number of morpholine rings is 1. The van der Waals surface area contributed by atoms with E-state index >= 15 is 0 Å². The Balaban J connectivity index is 1.49. The number of ether oxygens (including phenoxy) is 2. The molecule has 2 aromatic heterocycles. The first-order chi connectivity index (χ1) is 17.6. The van der Waals surface area contributed by atoms with Gasteiger partial charge in [-0.1, -0.05) is 12.1 Å². The number of methoxy groups -OCH3 is 1. The molecular formula is C25H26FN7O3. The number of aromatic nitrogens is 3. The molecule has 3 heterocycles. The number of para-hydroxylation sites is 1. The lowest BCUT2D eigenvalue weighted by molar-refractivity contribution is 0.0964. The zero-order chi connectivity index (χ0) is 25.1. The second-order valence-electron chi connectivity index (χ2n) is 8.11. The van der Waals surface area contributed by atoms with Crippen molar-refractivity contribution in [2.24, 2.45) is 0 Å². The number of nitrogens with zero attached hydrogens (tertiary/aromatic N) is 3. The Kier molecular flexibility index (Phi) is 6.54. The van der Waals surface area contributed by atoms with Gasteiger partial charge in [-0.05, 0) is 24.3 Å². The van der Waals surface area contributed by atoms with Crippen LogP contribution in [0.1, 0.15) is 10.4 Å². The van der Waals surface area contributed by atoms with Crippen LogP contribution in [-0.4, -0.2) is 61.3 Å². The number of aromatic amines is 1. The van der Waals surface area contributed by atoms with Crippen molar-refractivity contribution in [1.82, 2.24) is 20.3 Å². The first-order valence-electron chi connectivity index (χ1n) is 11.5. The number of rotatable bonds is 7. The van der Waals surface area contributed by atoms with Gasteiger partial charge in [-0.2, -0.15) is 9.97 Å². The Morgan fingerprint density at radius 3 is 2.69 bits per heavy atom. The molecule has 10 nitrogen and oxygen atoms in total. The summed E-state index contributed by atoms with van der Waals surface area (Å²) in [7, 11) is 3.14. The van der Waals surface area contributed by atoms with E-state index in [1.165, 1.54) is 6.20 Å². The number of anilines is 5. The van der Waals surface area contributed by atoms with Crippen molar-refractivity contribution in [3.05, 3.63) is 60.0 Å². The predicted octanol–water partition coefficient (Wildman–Crippen LogP) is 3.79. The second kappa shape index (κ2) is 10.1. The average Bonchev–Trinajstić information content (AvgIpc) is 3.29. The van der Waals surface area contributed by atoms with Crippen molar-refractivity contribution in [3.63, 3.8) is 0 Å². The molecule has 4 N–H and O–H groups in total. The van der Waals surface area contributed by atoms with E-state index in [0.29, 0.717) is 41.5 Å². The number of benzene rings is 2. The van der Waals surface area contributed by atoms with Crippen LogP contribution in [0.25, 0.3) is 11.0 Å². The van der Waals surface area contributed by atoms with Gasteiger partial charge < -0.3 is 35.3 Å². The summed E-state index contributed by atoms with van der Waals surface area (Å²) in [5.41, 5.74) is 2.86. The third-order valence-electron chi connectivity index (χ3n) is 5.94. The van der Waals surface area contributed by atoms with Crippen LogP contribution in [0.4, 0.5) is 33.2 Å². The minimum atomic E-state index is -0.510. The van der Waals surface area contributed by atoms with Crippen LogP contribution < -0.4 is 25.6 Å². The molecule has 0 saturated carbocycles. The Morgan fingerprint density at radius 2 is 1.92 bits per heavy atom. The summed E-state index contributed by atoms with van der Waals surface area (Å²) in [6, 6.07) is 12.8. The highest BCUT2D eigenvalue weighted by Crippen LogP contribution is 2.34. The molecule has 1 aliphatic rings. The zero-order valence-corrected chi connectivity index (χ0v) is 19.9. The summed E-state index contributed by atoms with van der Waals surface area (Å²) in [4.78, 5) is 26.4. The van der Waals surface area contributed by atoms with E-state index in [0.717, 1.165) is 18.8 Å². The van der Waals surface area contributed by atoms with Crippen LogP contribution >= 0.6 is 0 Å². The highest BCUT2D eigenvalue weighted by atomic mass is 19.1. The van der Waals surface area contributed by atoms with Gasteiger partial charge in [0, 0.05) is 38.1 Å². The summed E-state index contributed by atoms with van der Waals surface area (Å²) in [6.45, 7) is 2.98. The molecule has 1 aliphatic heterocycles. The van der Waals surface area contributed by atoms with Gasteiger partial charge in [0.25, 0.3) is 5.91 Å². The summed E-state index contributed by atoms with van der Waals surface area (Å²) in [6.07, 6.45) is 1.22. The van der Waals surface area contributed by atoms with Gasteiger partial charge in [-0.3, -0.25) is 4.79 Å². The van der Waals surface area contributed by atoms with Gasteiger partial charge in [-0.25, -0.2) is 4.39 Å². The summed E-state index contributed by atoms with van der Waals surface area (Å²) in [5.74, 6) is 0.258. The molecule has 0 radical (unpaired) electrons. The minimum absolute atomic E-state index is 0.182. The molecule has 0 spiro atoms. The number of amides is 1. The maximum atomic E-state index is 14.6. The van der Waals surface area contributed by atoms with Crippen molar-refractivity contribution < 1.29 is 18.7 Å². The number of carbonyl (C=O) groups excluding carboxylic acids is 1. The maximum Gasteiger partial charge on any atom is 0.253 e. The SMILES string of the molecule is CNC(=O)c1ccccc1Nc1nc(Nc2ccc(N3CCOCC3)cc2OC)nc2[nH]cc(F)c12. The largest absolute Gasteiger partial charge is 0.494 e. The highest BCUT2D eigenvalue weighted by Gasteiger charge is 2.19. The van der Waals surface area contributed by atoms with E-state index in [2.05, 4.69) is 35.8 Å². The van der Waals surface area contributed by atoms with Gasteiger partial charge in [-0.15, -0.1) is 0 Å². The van der Waals surface area contributed by atoms with Crippen molar-refractivity contribution in [2.75, 3.05) is 56.0 Å². The quantitative estimate of drug-likeness (QED) is 0.309. The third-order valence-corrected chi connectivity index (χ3v) is 5.94. The van der Waals surface area contributed by atoms with Crippen LogP contribution in [0.3, 0.4) is 0 Å². The first-order valence-corrected chi connectivity index (χ1v) is 11.5. The Morgan fingerprint density at radius 1 is 1.11 bits per heavy atom. The smallest absolute Gasteiger partial charge is 0.253 e. The lowest BCUT2D eigenvalue weighted by Crippen LogP contribution is -2.36. The molecule has 0 unspecified atom stereocenters. The number of carbonyl (C=O) groups is 1. The van der Waals surface area contributed by atoms with E-state index in [1.807, 2.05) is 18.2 Å². The van der Waals surface area contributed by atoms with Crippen LogP contribution in [0.5, 0.6) is 5.75 Å². The molecule has 1 fully saturated rings. The number of hydrogen-bond acceptors (Lipinski definition) is 8. The van der Waals surface area contributed by atoms with Gasteiger partial charge in [0.2, 0.25) is 5.95 Å². The van der Waals surface area contributed by atoms with Gasteiger partial charge >= 0.3 is 0 Å². The van der Waals surface area contributed by atoms with Crippen LogP contribution in [-0.2, 0) is 4.74 Å². The minimum Gasteiger partial charge on any atom is -0.494 e. The van der Waals surface area contributed by atoms with Gasteiger partial charge in [0.1, 0.15) is 17.2 Å². The molecule has 186 valence electrons. The topological polar surface area (TPSA) is 116 Å². The standard InChI is InChI=1S/C25H26FN7O3/c1-27-24(34)16-5-3-4-6-18(16)29-23-21-17(26)14-28-22(21)31-25(32-23)30-19-8-7-15(13-20(19)35-2)33-9-11-36-12-10-33/h3-8,13-14H,9-12H2,1-2H3,(H,27,34)(H3,28,29,30,31,32). The van der Waals surface area contributed by atoms with E-state index in [9.17, 15) is 9.18 Å². The van der Waals surface area contributed by atoms with E-state index < -0.39 is 5.82 Å². The molecule has 2 aromatic carbocycles. The van der Waals surface area contributed by atoms with Crippen LogP contribution in [0.2, 0.25) is 0 Å². The Bertz CT molecular complexity index is 1400. The molecule has 0 atom stereocenters. The fraction of sp³-hybridized carbons (Fsp3) is 0.240. The number of hydrogen-bond donors (Lipinski definition) is 4. The van der Waals surface area contributed by atoms with Crippen LogP contribution in [0.15, 0.2) is 48.7 Å². The van der Waals surface area contributed by atoms with Gasteiger partial charge in [0.05, 0.1) is 42.6 Å². The monoisotopic (exact) mass is 491 g/mol. The summed E-state index contributed by atoms with van der Waals surface area (Å²) < 4.78 is 25.7. The predicted molar refractivity (Wildman–Crippen MR) is 136 cm³/mol. The van der Waals surface area contributed by atoms with Crippen molar-refractivity contribution in [1.29, 1.82) is 0 Å². The summed E-state index contributed by atoms with van der Waals surface area (Å²) in [5, 5.41) is 9.07. The molecule has 1 amide bonds. The summed E-state index contributed by atoms with van der Waals surface area (Å²) >= 11 is 0. The Hall–Kier alpha value is -4.38. The zero-order valence-electron chi connectivity index (χ0n) is 19.9. The molecule has 36 heavy (non-hydrogen) atoms. The fourth-order valence-corrected chi connectivity index (χ4v) is 4.12. The normalized spacial score (nSPS) is 13.5. The number of fused-ring (bicyclic) bond motifs is 1. The molecule has 1 saturated heterocycles. The maximum absolute atomic E-state index is 14.6. The third kappa shape index (κ3) is 4.60. The van der Waals surface area contributed by atoms with Crippen LogP contribution in [0, 0.1) is 5.82 Å². The van der Waals surface area contributed by atoms with Gasteiger partial charge in [0.15, 0.2) is 5.82 Å². The molecule has 5 rings (SSSR count). The molecule has 11 heteroatoms. The molecule has 0 aliphatic carbocycles. The number of H-pyrrole nitrogens is 1. The molecule has 4 aromatic rings. The van der Waals surface area contributed by atoms with Crippen molar-refractivity contribution in [3.8, 4) is 5.75 Å². The number of nitrogens with one attached hydrogen (secondary N) is 4. The average molecular weight is 492 g/mol. The highest BCUT2D eigenvalue weighted by molar-refractivity contribution is 6.01. The van der Waals surface area contributed by atoms with E-state index in [4.69, 9.17) is 9.47 Å². The van der Waals surface area contributed by atoms with Crippen molar-refractivity contribution in [2.45, 2.75) is 0 Å². The van der Waals surface area contributed by atoms with Crippen molar-refractivity contribution >= 4 is 45.8 Å². The number of halogens is 1. The fourth-order valence-electron chi connectivity index (χ4n) is 4.12. The second-order valence-corrected chi connectivity index (χ2v) is 8.11. The Labute approximate surface area is 206 Å². The molecular weight excluding hydrogens is 465 g/mol.